The molecular weight excluding hydrogens is 416 g/mol. The van der Waals surface area contributed by atoms with E-state index in [9.17, 15) is 14.7 Å². The van der Waals surface area contributed by atoms with Crippen molar-refractivity contribution in [2.45, 2.75) is 40.7 Å². The number of Topliss-reactive ketones (excluding diaryl/α,β-unsaturated/α-hetero) is 1. The molecule has 0 fully saturated rings. The van der Waals surface area contributed by atoms with E-state index in [4.69, 9.17) is 0 Å². The van der Waals surface area contributed by atoms with Crippen LogP contribution in [0.15, 0.2) is 59.9 Å². The minimum absolute atomic E-state index is 0.101. The zero-order valence-corrected chi connectivity index (χ0v) is 19.7. The topological polar surface area (TPSA) is 89.5 Å². The van der Waals surface area contributed by atoms with Crippen molar-refractivity contribution in [1.82, 2.24) is 9.97 Å². The van der Waals surface area contributed by atoms with E-state index in [-0.39, 0.29) is 11.4 Å². The van der Waals surface area contributed by atoms with Crippen LogP contribution < -0.4 is 9.80 Å². The molecule has 0 bridgehead atoms. The second-order valence-electron chi connectivity index (χ2n) is 9.26. The molecule has 2 N–H and O–H groups in total. The fourth-order valence-corrected chi connectivity index (χ4v) is 4.28. The predicted octanol–water partition coefficient (Wildman–Crippen LogP) is 4.92. The Labute approximate surface area is 193 Å². The molecule has 1 aliphatic heterocycles. The molecule has 4 rings (SSSR count). The molecule has 0 saturated heterocycles. The van der Waals surface area contributed by atoms with Crippen molar-refractivity contribution in [1.29, 1.82) is 0 Å². The third-order valence-electron chi connectivity index (χ3n) is 6.08. The molecule has 0 radical (unpaired) electrons. The summed E-state index contributed by atoms with van der Waals surface area (Å²) in [5.74, 6) is -1.14. The zero-order valence-electron chi connectivity index (χ0n) is 19.7. The summed E-state index contributed by atoms with van der Waals surface area (Å²) >= 11 is 0. The molecule has 7 nitrogen and oxygen atoms in total. The molecule has 7 heteroatoms. The first-order chi connectivity index (χ1) is 15.7. The zero-order chi connectivity index (χ0) is 23.9. The van der Waals surface area contributed by atoms with Crippen molar-refractivity contribution in [3.05, 3.63) is 65.4 Å². The molecule has 0 aliphatic carbocycles. The van der Waals surface area contributed by atoms with Gasteiger partial charge in [0, 0.05) is 24.2 Å². The molecular formula is C26H30N4O3. The summed E-state index contributed by atoms with van der Waals surface area (Å²) in [6, 6.07) is 14.5. The number of amides is 1. The van der Waals surface area contributed by atoms with Crippen LogP contribution in [0.2, 0.25) is 0 Å². The number of fused-ring (bicyclic) bond motifs is 1. The lowest BCUT2D eigenvalue weighted by Gasteiger charge is -2.28. The molecule has 1 aromatic heterocycles. The number of nitrogens with one attached hydrogen (secondary N) is 1. The van der Waals surface area contributed by atoms with Crippen molar-refractivity contribution in [3.8, 4) is 0 Å². The standard InChI is InChI=1S/C26H30N4O3/c1-6-29(7-2)17-14-12-16(13-15-17)21-20(23(32)26(3,4)5)22(31)24(33)30(21)25-27-18-10-8-9-11-19(18)28-25/h8-15,21,31H,6-7H2,1-5H3,(H,27,28). The van der Waals surface area contributed by atoms with Gasteiger partial charge in [0.2, 0.25) is 5.95 Å². The number of ketones is 1. The summed E-state index contributed by atoms with van der Waals surface area (Å²) in [5, 5.41) is 10.9. The minimum atomic E-state index is -0.782. The number of aliphatic hydroxyl groups is 1. The molecule has 0 spiro atoms. The highest BCUT2D eigenvalue weighted by Crippen LogP contribution is 2.43. The monoisotopic (exact) mass is 446 g/mol. The molecule has 1 aliphatic rings. The Hall–Kier alpha value is -3.61. The first-order valence-electron chi connectivity index (χ1n) is 11.3. The number of benzene rings is 2. The minimum Gasteiger partial charge on any atom is -0.503 e. The summed E-state index contributed by atoms with van der Waals surface area (Å²) < 4.78 is 0. The van der Waals surface area contributed by atoms with E-state index in [0.29, 0.717) is 11.5 Å². The first-order valence-corrected chi connectivity index (χ1v) is 11.3. The number of aliphatic hydroxyl groups excluding tert-OH is 1. The number of aromatic nitrogens is 2. The lowest BCUT2D eigenvalue weighted by atomic mass is 9.82. The maximum atomic E-state index is 13.4. The van der Waals surface area contributed by atoms with Crippen molar-refractivity contribution in [2.24, 2.45) is 5.41 Å². The summed E-state index contributed by atoms with van der Waals surface area (Å²) in [7, 11) is 0. The Morgan fingerprint density at radius 3 is 2.30 bits per heavy atom. The first kappa shape index (κ1) is 22.6. The Morgan fingerprint density at radius 1 is 1.09 bits per heavy atom. The highest BCUT2D eigenvalue weighted by atomic mass is 16.3. The fourth-order valence-electron chi connectivity index (χ4n) is 4.28. The van der Waals surface area contributed by atoms with Gasteiger partial charge in [-0.25, -0.2) is 4.98 Å². The van der Waals surface area contributed by atoms with E-state index in [2.05, 4.69) is 28.7 Å². The summed E-state index contributed by atoms with van der Waals surface area (Å²) in [6.07, 6.45) is 0. The molecule has 33 heavy (non-hydrogen) atoms. The van der Waals surface area contributed by atoms with Crippen molar-refractivity contribution >= 4 is 34.4 Å². The van der Waals surface area contributed by atoms with Gasteiger partial charge in [-0.1, -0.05) is 45.0 Å². The number of hydrogen-bond donors (Lipinski definition) is 2. The molecule has 1 atom stereocenters. The van der Waals surface area contributed by atoms with Gasteiger partial charge < -0.3 is 15.0 Å². The van der Waals surface area contributed by atoms with E-state index in [1.54, 1.807) is 20.8 Å². The highest BCUT2D eigenvalue weighted by molar-refractivity contribution is 6.17. The maximum Gasteiger partial charge on any atom is 0.296 e. The maximum absolute atomic E-state index is 13.4. The number of rotatable bonds is 6. The molecule has 1 unspecified atom stereocenters. The lowest BCUT2D eigenvalue weighted by molar-refractivity contribution is -0.123. The van der Waals surface area contributed by atoms with E-state index in [0.717, 1.165) is 29.9 Å². The largest absolute Gasteiger partial charge is 0.503 e. The summed E-state index contributed by atoms with van der Waals surface area (Å²) in [5.41, 5.74) is 2.59. The number of hydrogen-bond acceptors (Lipinski definition) is 5. The van der Waals surface area contributed by atoms with Gasteiger partial charge >= 0.3 is 0 Å². The van der Waals surface area contributed by atoms with Gasteiger partial charge in [-0.15, -0.1) is 0 Å². The second kappa shape index (κ2) is 8.39. The number of imidazole rings is 1. The van der Waals surface area contributed by atoms with Gasteiger partial charge in [0.15, 0.2) is 11.5 Å². The average molecular weight is 447 g/mol. The number of aromatic amines is 1. The molecule has 3 aromatic rings. The summed E-state index contributed by atoms with van der Waals surface area (Å²) in [6.45, 7) is 11.3. The lowest BCUT2D eigenvalue weighted by Crippen LogP contribution is -2.33. The van der Waals surface area contributed by atoms with Crippen LogP contribution in [0.5, 0.6) is 0 Å². The summed E-state index contributed by atoms with van der Waals surface area (Å²) in [4.78, 5) is 38.0. The Balaban J connectivity index is 1.86. The van der Waals surface area contributed by atoms with Crippen LogP contribution in [-0.4, -0.2) is 39.9 Å². The Kier molecular flexibility index (Phi) is 5.74. The van der Waals surface area contributed by atoms with Crippen LogP contribution >= 0.6 is 0 Å². The SMILES string of the molecule is CCN(CC)c1ccc(C2C(C(=O)C(C)(C)C)=C(O)C(=O)N2c2nc3ccccc3[nH]2)cc1. The molecule has 1 amide bonds. The Morgan fingerprint density at radius 2 is 1.73 bits per heavy atom. The average Bonchev–Trinajstić information content (AvgIpc) is 3.32. The van der Waals surface area contributed by atoms with Crippen LogP contribution in [0.3, 0.4) is 0 Å². The second-order valence-corrected chi connectivity index (χ2v) is 9.26. The van der Waals surface area contributed by atoms with Crippen LogP contribution in [0.25, 0.3) is 11.0 Å². The highest BCUT2D eigenvalue weighted by Gasteiger charge is 2.47. The molecule has 2 heterocycles. The third-order valence-corrected chi connectivity index (χ3v) is 6.08. The Bertz CT molecular complexity index is 1200. The van der Waals surface area contributed by atoms with Crippen molar-refractivity contribution in [2.75, 3.05) is 22.9 Å². The third kappa shape index (κ3) is 3.88. The van der Waals surface area contributed by atoms with Crippen molar-refractivity contribution < 1.29 is 14.7 Å². The van der Waals surface area contributed by atoms with Gasteiger partial charge in [-0.2, -0.15) is 0 Å². The van der Waals surface area contributed by atoms with Gasteiger partial charge in [0.25, 0.3) is 5.91 Å². The number of carbonyl (C=O) groups is 2. The number of H-pyrrole nitrogens is 1. The number of para-hydroxylation sites is 2. The number of carbonyl (C=O) groups excluding carboxylic acids is 2. The van der Waals surface area contributed by atoms with Gasteiger partial charge in [0.05, 0.1) is 22.6 Å². The molecule has 0 saturated carbocycles. The van der Waals surface area contributed by atoms with Gasteiger partial charge in [-0.05, 0) is 43.7 Å². The van der Waals surface area contributed by atoms with Crippen molar-refractivity contribution in [3.63, 3.8) is 0 Å². The molecule has 172 valence electrons. The quantitative estimate of drug-likeness (QED) is 0.561. The number of nitrogens with zero attached hydrogens (tertiary/aromatic N) is 3. The predicted molar refractivity (Wildman–Crippen MR) is 130 cm³/mol. The van der Waals surface area contributed by atoms with Crippen LogP contribution in [0.1, 0.15) is 46.2 Å². The van der Waals surface area contributed by atoms with Crippen LogP contribution in [0, 0.1) is 5.41 Å². The smallest absolute Gasteiger partial charge is 0.296 e. The van der Waals surface area contributed by atoms with Gasteiger partial charge in [0.1, 0.15) is 0 Å². The van der Waals surface area contributed by atoms with Crippen LogP contribution in [-0.2, 0) is 9.59 Å². The van der Waals surface area contributed by atoms with Crippen LogP contribution in [0.4, 0.5) is 11.6 Å². The fraction of sp³-hybridized carbons (Fsp3) is 0.346. The van der Waals surface area contributed by atoms with E-state index in [1.165, 1.54) is 4.90 Å². The van der Waals surface area contributed by atoms with E-state index >= 15 is 0 Å². The van der Waals surface area contributed by atoms with E-state index in [1.807, 2.05) is 48.5 Å². The number of anilines is 2. The molecule has 2 aromatic carbocycles. The normalized spacial score (nSPS) is 16.7. The van der Waals surface area contributed by atoms with E-state index < -0.39 is 23.1 Å². The van der Waals surface area contributed by atoms with Gasteiger partial charge in [-0.3, -0.25) is 14.5 Å².